The topological polar surface area (TPSA) is 94.9 Å². The molecule has 0 spiro atoms. The highest BCUT2D eigenvalue weighted by Crippen LogP contribution is 2.38. The number of amides is 1. The van der Waals surface area contributed by atoms with Crippen LogP contribution in [-0.2, 0) is 29.0 Å². The minimum absolute atomic E-state index is 0.211. The zero-order chi connectivity index (χ0) is 26.2. The molecule has 0 saturated heterocycles. The molecule has 9 heteroatoms. The van der Waals surface area contributed by atoms with Crippen LogP contribution in [0.25, 0.3) is 22.2 Å². The lowest BCUT2D eigenvalue weighted by Crippen LogP contribution is -2.41. The number of rotatable bonds is 5. The number of hydrogen-bond donors (Lipinski definition) is 1. The van der Waals surface area contributed by atoms with Crippen LogP contribution in [0.15, 0.2) is 24.3 Å². The second-order valence-electron chi connectivity index (χ2n) is 9.76. The molecule has 0 unspecified atom stereocenters. The monoisotopic (exact) mass is 494 g/mol. The Bertz CT molecular complexity index is 1320. The predicted molar refractivity (Wildman–Crippen MR) is 139 cm³/mol. The third-order valence-electron chi connectivity index (χ3n) is 6.31. The van der Waals surface area contributed by atoms with Crippen LogP contribution in [-0.4, -0.2) is 59.9 Å². The standard InChI is InChI=1S/C27H34N4O5/c1-8-19-22(29-24(34-6)21(23(19)28-5)25(32)35-7)16-9-10-20-17(13-16)14-18-15-30(11-12-31(18)20)26(33)36-27(2,3)4/h9-10,13-14H,8,11-12,15H2,1-7H3,(H,28,29). The first-order valence-electron chi connectivity index (χ1n) is 12.1. The number of anilines is 1. The molecule has 192 valence electrons. The number of benzene rings is 1. The van der Waals surface area contributed by atoms with Crippen molar-refractivity contribution >= 4 is 28.7 Å². The molecule has 3 aromatic rings. The Labute approximate surface area is 211 Å². The highest BCUT2D eigenvalue weighted by atomic mass is 16.6. The lowest BCUT2D eigenvalue weighted by molar-refractivity contribution is 0.0200. The van der Waals surface area contributed by atoms with E-state index in [9.17, 15) is 9.59 Å². The van der Waals surface area contributed by atoms with E-state index >= 15 is 0 Å². The molecule has 4 rings (SSSR count). The maximum Gasteiger partial charge on any atom is 0.410 e. The van der Waals surface area contributed by atoms with Crippen LogP contribution in [0.1, 0.15) is 49.3 Å². The summed E-state index contributed by atoms with van der Waals surface area (Å²) in [6, 6.07) is 8.32. The summed E-state index contributed by atoms with van der Waals surface area (Å²) in [5.74, 6) is -0.294. The second kappa shape index (κ2) is 9.72. The summed E-state index contributed by atoms with van der Waals surface area (Å²) >= 11 is 0. The minimum Gasteiger partial charge on any atom is -0.480 e. The van der Waals surface area contributed by atoms with Crippen LogP contribution >= 0.6 is 0 Å². The van der Waals surface area contributed by atoms with E-state index in [0.717, 1.165) is 33.4 Å². The summed E-state index contributed by atoms with van der Waals surface area (Å²) in [6.07, 6.45) is 0.357. The van der Waals surface area contributed by atoms with Crippen molar-refractivity contribution in [3.05, 3.63) is 41.1 Å². The Morgan fingerprint density at radius 2 is 1.89 bits per heavy atom. The van der Waals surface area contributed by atoms with Crippen molar-refractivity contribution in [3.8, 4) is 17.1 Å². The lowest BCUT2D eigenvalue weighted by atomic mass is 9.98. The van der Waals surface area contributed by atoms with Crippen LogP contribution in [0.3, 0.4) is 0 Å². The van der Waals surface area contributed by atoms with Crippen LogP contribution in [0.4, 0.5) is 10.5 Å². The van der Waals surface area contributed by atoms with Crippen molar-refractivity contribution in [1.29, 1.82) is 0 Å². The van der Waals surface area contributed by atoms with Crippen molar-refractivity contribution in [2.45, 2.75) is 52.8 Å². The smallest absolute Gasteiger partial charge is 0.410 e. The van der Waals surface area contributed by atoms with Crippen LogP contribution < -0.4 is 10.1 Å². The van der Waals surface area contributed by atoms with Gasteiger partial charge in [-0.3, -0.25) is 0 Å². The summed E-state index contributed by atoms with van der Waals surface area (Å²) in [5, 5.41) is 4.20. The molecule has 3 heterocycles. The summed E-state index contributed by atoms with van der Waals surface area (Å²) in [5.41, 5.74) is 5.11. The molecule has 2 aromatic heterocycles. The van der Waals surface area contributed by atoms with Gasteiger partial charge in [0.25, 0.3) is 0 Å². The molecule has 0 fully saturated rings. The lowest BCUT2D eigenvalue weighted by Gasteiger charge is -2.31. The van der Waals surface area contributed by atoms with Crippen LogP contribution in [0, 0.1) is 0 Å². The molecular formula is C27H34N4O5. The van der Waals surface area contributed by atoms with Gasteiger partial charge < -0.3 is 29.0 Å². The van der Waals surface area contributed by atoms with E-state index < -0.39 is 11.6 Å². The number of carbonyl (C=O) groups excluding carboxylic acids is 2. The number of pyridine rings is 1. The zero-order valence-corrected chi connectivity index (χ0v) is 22.0. The molecule has 0 atom stereocenters. The van der Waals surface area contributed by atoms with Gasteiger partial charge >= 0.3 is 12.1 Å². The van der Waals surface area contributed by atoms with Crippen LogP contribution in [0.5, 0.6) is 5.88 Å². The van der Waals surface area contributed by atoms with Crippen molar-refractivity contribution < 1.29 is 23.8 Å². The molecule has 0 aliphatic carbocycles. The van der Waals surface area contributed by atoms with Gasteiger partial charge in [-0.25, -0.2) is 14.6 Å². The molecule has 0 bridgehead atoms. The first kappa shape index (κ1) is 25.3. The SMILES string of the molecule is CCc1c(-c2ccc3c(c2)cc2n3CCN(C(=O)OC(C)(C)C)C2)nc(OC)c(C(=O)OC)c1NC. The second-order valence-corrected chi connectivity index (χ2v) is 9.76. The quantitative estimate of drug-likeness (QED) is 0.507. The Hall–Kier alpha value is -3.75. The van der Waals surface area contributed by atoms with Gasteiger partial charge in [-0.1, -0.05) is 13.0 Å². The average Bonchev–Trinajstić information content (AvgIpc) is 3.22. The van der Waals surface area contributed by atoms with Crippen LogP contribution in [0.2, 0.25) is 0 Å². The van der Waals surface area contributed by atoms with E-state index in [4.69, 9.17) is 19.2 Å². The first-order chi connectivity index (χ1) is 17.1. The number of hydrogen-bond acceptors (Lipinski definition) is 7. The van der Waals surface area contributed by atoms with Crippen molar-refractivity contribution in [2.24, 2.45) is 0 Å². The predicted octanol–water partition coefficient (Wildman–Crippen LogP) is 4.85. The highest BCUT2D eigenvalue weighted by molar-refractivity contribution is 6.00. The third-order valence-corrected chi connectivity index (χ3v) is 6.31. The molecular weight excluding hydrogens is 460 g/mol. The maximum absolute atomic E-state index is 12.6. The number of fused-ring (bicyclic) bond motifs is 3. The van der Waals surface area contributed by atoms with Gasteiger partial charge in [0.2, 0.25) is 5.88 Å². The number of nitrogens with zero attached hydrogens (tertiary/aromatic N) is 3. The number of carbonyl (C=O) groups is 2. The molecule has 1 aliphatic rings. The van der Waals surface area contributed by atoms with Gasteiger partial charge in [0.1, 0.15) is 11.2 Å². The number of nitrogens with one attached hydrogen (secondary N) is 1. The fourth-order valence-electron chi connectivity index (χ4n) is 4.75. The van der Waals surface area contributed by atoms with E-state index in [2.05, 4.69) is 28.1 Å². The Balaban J connectivity index is 1.76. The van der Waals surface area contributed by atoms with E-state index in [1.54, 1.807) is 11.9 Å². The van der Waals surface area contributed by atoms with E-state index in [1.807, 2.05) is 33.8 Å². The summed E-state index contributed by atoms with van der Waals surface area (Å²) in [4.78, 5) is 31.6. The van der Waals surface area contributed by atoms with Crippen molar-refractivity contribution in [3.63, 3.8) is 0 Å². The zero-order valence-electron chi connectivity index (χ0n) is 22.0. The number of esters is 1. The Morgan fingerprint density at radius 1 is 1.14 bits per heavy atom. The van der Waals surface area contributed by atoms with Gasteiger partial charge in [0.15, 0.2) is 0 Å². The molecule has 0 saturated carbocycles. The number of methoxy groups -OCH3 is 2. The summed E-state index contributed by atoms with van der Waals surface area (Å²) in [6.45, 7) is 9.42. The fourth-order valence-corrected chi connectivity index (χ4v) is 4.75. The van der Waals surface area contributed by atoms with Crippen molar-refractivity contribution in [2.75, 3.05) is 33.1 Å². The van der Waals surface area contributed by atoms with Crippen molar-refractivity contribution in [1.82, 2.24) is 14.5 Å². The molecule has 36 heavy (non-hydrogen) atoms. The van der Waals surface area contributed by atoms with Gasteiger partial charge in [-0.05, 0) is 45.4 Å². The summed E-state index contributed by atoms with van der Waals surface area (Å²) < 4.78 is 18.3. The number of aromatic nitrogens is 2. The van der Waals surface area contributed by atoms with Gasteiger partial charge in [-0.15, -0.1) is 0 Å². The molecule has 1 N–H and O–H groups in total. The summed E-state index contributed by atoms with van der Waals surface area (Å²) in [7, 11) is 4.60. The third kappa shape index (κ3) is 4.57. The maximum atomic E-state index is 12.6. The Morgan fingerprint density at radius 3 is 2.50 bits per heavy atom. The Kier molecular flexibility index (Phi) is 6.84. The highest BCUT2D eigenvalue weighted by Gasteiger charge is 2.28. The van der Waals surface area contributed by atoms with E-state index in [1.165, 1.54) is 14.2 Å². The van der Waals surface area contributed by atoms with E-state index in [-0.39, 0.29) is 17.5 Å². The average molecular weight is 495 g/mol. The molecule has 0 radical (unpaired) electrons. The molecule has 9 nitrogen and oxygen atoms in total. The normalized spacial score (nSPS) is 13.4. The van der Waals surface area contributed by atoms with E-state index in [0.29, 0.717) is 31.7 Å². The first-order valence-corrected chi connectivity index (χ1v) is 12.1. The molecule has 1 aliphatic heterocycles. The van der Waals surface area contributed by atoms with Gasteiger partial charge in [-0.2, -0.15) is 0 Å². The van der Waals surface area contributed by atoms with Gasteiger partial charge in [0.05, 0.1) is 32.1 Å². The fraction of sp³-hybridized carbons (Fsp3) is 0.444. The molecule has 1 aromatic carbocycles. The largest absolute Gasteiger partial charge is 0.480 e. The minimum atomic E-state index is -0.531. The number of ether oxygens (including phenoxy) is 3. The van der Waals surface area contributed by atoms with Gasteiger partial charge in [0, 0.05) is 47.9 Å². The molecule has 1 amide bonds.